The fourth-order valence-corrected chi connectivity index (χ4v) is 1.32. The van der Waals surface area contributed by atoms with Crippen molar-refractivity contribution in [2.24, 2.45) is 5.92 Å². The molecule has 0 saturated heterocycles. The van der Waals surface area contributed by atoms with Crippen molar-refractivity contribution in [2.75, 3.05) is 0 Å². The van der Waals surface area contributed by atoms with Crippen LogP contribution in [0.4, 0.5) is 0 Å². The van der Waals surface area contributed by atoms with Gasteiger partial charge in [0, 0.05) is 13.3 Å². The van der Waals surface area contributed by atoms with Crippen molar-refractivity contribution in [2.45, 2.75) is 53.6 Å². The molecule has 0 amide bonds. The van der Waals surface area contributed by atoms with Gasteiger partial charge in [0.05, 0.1) is 0 Å². The Kier molecular flexibility index (Phi) is 6.26. The number of carbonyl (C=O) groups excluding carboxylic acids is 1. The van der Waals surface area contributed by atoms with Crippen molar-refractivity contribution in [1.82, 2.24) is 0 Å². The molecule has 0 aromatic carbocycles. The van der Waals surface area contributed by atoms with Gasteiger partial charge in [-0.25, -0.2) is 0 Å². The molecule has 0 N–H and O–H groups in total. The molecule has 2 heteroatoms. The molecule has 0 fully saturated rings. The Labute approximate surface area is 87.3 Å². The van der Waals surface area contributed by atoms with Crippen molar-refractivity contribution in [3.05, 3.63) is 11.6 Å². The van der Waals surface area contributed by atoms with Crippen LogP contribution in [-0.4, -0.2) is 12.1 Å². The lowest BCUT2D eigenvalue weighted by molar-refractivity contribution is -0.146. The van der Waals surface area contributed by atoms with Gasteiger partial charge in [-0.15, -0.1) is 0 Å². The van der Waals surface area contributed by atoms with E-state index in [9.17, 15) is 4.79 Å². The van der Waals surface area contributed by atoms with E-state index in [1.165, 1.54) is 12.5 Å². The molecule has 82 valence electrons. The molecule has 0 aliphatic rings. The number of allylic oxidation sites excluding steroid dienone is 1. The second kappa shape index (κ2) is 6.63. The van der Waals surface area contributed by atoms with Crippen LogP contribution in [0.5, 0.6) is 0 Å². The minimum absolute atomic E-state index is 0.0439. The molecule has 0 aliphatic carbocycles. The number of carbonyl (C=O) groups is 1. The molecular formula is C12H22O2. The quantitative estimate of drug-likeness (QED) is 0.500. The van der Waals surface area contributed by atoms with Crippen LogP contribution in [0.25, 0.3) is 0 Å². The van der Waals surface area contributed by atoms with Gasteiger partial charge in [0.2, 0.25) is 0 Å². The molecule has 0 aromatic rings. The maximum absolute atomic E-state index is 10.8. The summed E-state index contributed by atoms with van der Waals surface area (Å²) in [5, 5.41) is 0. The van der Waals surface area contributed by atoms with Crippen molar-refractivity contribution < 1.29 is 9.53 Å². The molecule has 0 radical (unpaired) electrons. The molecule has 0 aromatic heterocycles. The predicted molar refractivity (Wildman–Crippen MR) is 59.1 cm³/mol. The molecule has 1 atom stereocenters. The second-order valence-corrected chi connectivity index (χ2v) is 4.38. The lowest BCUT2D eigenvalue weighted by Crippen LogP contribution is -2.17. The van der Waals surface area contributed by atoms with Crippen LogP contribution < -0.4 is 0 Å². The summed E-state index contributed by atoms with van der Waals surface area (Å²) in [5.74, 6) is 0.378. The number of hydrogen-bond acceptors (Lipinski definition) is 2. The zero-order valence-corrected chi connectivity index (χ0v) is 9.96. The van der Waals surface area contributed by atoms with Gasteiger partial charge in [0.25, 0.3) is 0 Å². The first kappa shape index (κ1) is 13.2. The lowest BCUT2D eigenvalue weighted by Gasteiger charge is -2.17. The van der Waals surface area contributed by atoms with Gasteiger partial charge < -0.3 is 4.74 Å². The van der Waals surface area contributed by atoms with Crippen LogP contribution >= 0.6 is 0 Å². The Balaban J connectivity index is 4.10. The number of rotatable bonds is 5. The second-order valence-electron chi connectivity index (χ2n) is 4.38. The van der Waals surface area contributed by atoms with E-state index in [2.05, 4.69) is 33.8 Å². The predicted octanol–water partition coefficient (Wildman–Crippen LogP) is 3.32. The van der Waals surface area contributed by atoms with Crippen LogP contribution in [0.3, 0.4) is 0 Å². The highest BCUT2D eigenvalue weighted by Crippen LogP contribution is 2.13. The van der Waals surface area contributed by atoms with Gasteiger partial charge >= 0.3 is 5.97 Å². The summed E-state index contributed by atoms with van der Waals surface area (Å²) in [6, 6.07) is 0. The Hall–Kier alpha value is -0.790. The highest BCUT2D eigenvalue weighted by molar-refractivity contribution is 5.66. The third-order valence-corrected chi connectivity index (χ3v) is 1.86. The first-order chi connectivity index (χ1) is 6.41. The van der Waals surface area contributed by atoms with Crippen LogP contribution in [0.2, 0.25) is 0 Å². The molecule has 0 aliphatic heterocycles. The maximum atomic E-state index is 10.8. The van der Waals surface area contributed by atoms with Gasteiger partial charge in [-0.1, -0.05) is 25.5 Å². The summed E-state index contributed by atoms with van der Waals surface area (Å²) < 4.78 is 5.23. The summed E-state index contributed by atoms with van der Waals surface area (Å²) >= 11 is 0. The lowest BCUT2D eigenvalue weighted by atomic mass is 10.0. The van der Waals surface area contributed by atoms with Gasteiger partial charge in [0.1, 0.15) is 6.10 Å². The molecule has 0 spiro atoms. The average molecular weight is 198 g/mol. The van der Waals surface area contributed by atoms with Crippen molar-refractivity contribution in [3.8, 4) is 0 Å². The van der Waals surface area contributed by atoms with Crippen molar-refractivity contribution >= 4 is 5.97 Å². The highest BCUT2D eigenvalue weighted by atomic mass is 16.5. The first-order valence-corrected chi connectivity index (χ1v) is 5.22. The van der Waals surface area contributed by atoms with Crippen LogP contribution in [0, 0.1) is 5.92 Å². The zero-order valence-electron chi connectivity index (χ0n) is 9.96. The van der Waals surface area contributed by atoms with Crippen molar-refractivity contribution in [3.63, 3.8) is 0 Å². The molecule has 0 bridgehead atoms. The normalized spacial score (nSPS) is 12.4. The highest BCUT2D eigenvalue weighted by Gasteiger charge is 2.12. The van der Waals surface area contributed by atoms with Gasteiger partial charge in [-0.05, 0) is 26.2 Å². The number of ether oxygens (including phenoxy) is 1. The van der Waals surface area contributed by atoms with Gasteiger partial charge in [-0.2, -0.15) is 0 Å². The van der Waals surface area contributed by atoms with E-state index in [1.54, 1.807) is 0 Å². The zero-order chi connectivity index (χ0) is 11.1. The number of esters is 1. The molecule has 0 rings (SSSR count). The van der Waals surface area contributed by atoms with Crippen LogP contribution in [0.15, 0.2) is 11.6 Å². The van der Waals surface area contributed by atoms with E-state index in [0.29, 0.717) is 5.92 Å². The van der Waals surface area contributed by atoms with E-state index in [-0.39, 0.29) is 12.1 Å². The summed E-state index contributed by atoms with van der Waals surface area (Å²) in [6.07, 6.45) is 3.93. The molecule has 1 unspecified atom stereocenters. The summed E-state index contributed by atoms with van der Waals surface area (Å²) in [5.41, 5.74) is 1.27. The summed E-state index contributed by atoms with van der Waals surface area (Å²) in [4.78, 5) is 10.8. The third kappa shape index (κ3) is 7.84. The molecule has 0 heterocycles. The first-order valence-electron chi connectivity index (χ1n) is 5.22. The average Bonchev–Trinajstić information content (AvgIpc) is 1.97. The van der Waals surface area contributed by atoms with E-state index in [4.69, 9.17) is 4.74 Å². The fourth-order valence-electron chi connectivity index (χ4n) is 1.32. The topological polar surface area (TPSA) is 26.3 Å². The van der Waals surface area contributed by atoms with Crippen LogP contribution in [-0.2, 0) is 9.53 Å². The molecular weight excluding hydrogens is 176 g/mol. The number of hydrogen-bond donors (Lipinski definition) is 0. The Morgan fingerprint density at radius 2 is 1.86 bits per heavy atom. The van der Waals surface area contributed by atoms with E-state index < -0.39 is 0 Å². The minimum atomic E-state index is -0.183. The maximum Gasteiger partial charge on any atom is 0.302 e. The standard InChI is InChI=1S/C12H22O2/c1-9(2)6-7-12(8-10(3)4)14-11(5)13/h6,10,12H,7-8H2,1-5H3. The van der Waals surface area contributed by atoms with E-state index >= 15 is 0 Å². The van der Waals surface area contributed by atoms with E-state index in [0.717, 1.165) is 12.8 Å². The Bertz CT molecular complexity index is 200. The minimum Gasteiger partial charge on any atom is -0.462 e. The van der Waals surface area contributed by atoms with Gasteiger partial charge in [0.15, 0.2) is 0 Å². The van der Waals surface area contributed by atoms with Crippen molar-refractivity contribution in [1.29, 1.82) is 0 Å². The fraction of sp³-hybridized carbons (Fsp3) is 0.750. The molecule has 0 saturated carbocycles. The third-order valence-electron chi connectivity index (χ3n) is 1.86. The smallest absolute Gasteiger partial charge is 0.302 e. The molecule has 14 heavy (non-hydrogen) atoms. The summed E-state index contributed by atoms with van der Waals surface area (Å²) in [7, 11) is 0. The summed E-state index contributed by atoms with van der Waals surface area (Å²) in [6.45, 7) is 9.86. The molecule has 2 nitrogen and oxygen atoms in total. The largest absolute Gasteiger partial charge is 0.462 e. The Morgan fingerprint density at radius 3 is 2.21 bits per heavy atom. The monoisotopic (exact) mass is 198 g/mol. The van der Waals surface area contributed by atoms with Crippen LogP contribution in [0.1, 0.15) is 47.5 Å². The SMILES string of the molecule is CC(=O)OC(CC=C(C)C)CC(C)C. The Morgan fingerprint density at radius 1 is 1.29 bits per heavy atom. The van der Waals surface area contributed by atoms with E-state index in [1.807, 2.05) is 0 Å². The van der Waals surface area contributed by atoms with Gasteiger partial charge in [-0.3, -0.25) is 4.79 Å².